The van der Waals surface area contributed by atoms with E-state index >= 15 is 0 Å². The van der Waals surface area contributed by atoms with Crippen LogP contribution in [0.25, 0.3) is 12.7 Å². The molecule has 122 valence electrons. The molecule has 2 aromatic carbocycles. The fraction of sp³-hybridized carbons (Fsp3) is 0.0556. The van der Waals surface area contributed by atoms with Crippen molar-refractivity contribution >= 4 is 35.9 Å². The number of aromatic amines is 1. The van der Waals surface area contributed by atoms with Crippen LogP contribution in [-0.2, 0) is 6.61 Å². The lowest BCUT2D eigenvalue weighted by Gasteiger charge is -2.08. The number of hydrogen-bond acceptors (Lipinski definition) is 3. The number of ether oxygens (including phenoxy) is 1. The van der Waals surface area contributed by atoms with Gasteiger partial charge in [0.05, 0.1) is 15.6 Å². The second kappa shape index (κ2) is 6.99. The van der Waals surface area contributed by atoms with Crippen LogP contribution in [0.5, 0.6) is 5.75 Å². The van der Waals surface area contributed by atoms with E-state index in [1.807, 2.05) is 12.1 Å². The summed E-state index contributed by atoms with van der Waals surface area (Å²) in [5.41, 5.74) is 1.26. The predicted octanol–water partition coefficient (Wildman–Crippen LogP) is 3.09. The molecule has 1 heterocycles. The fourth-order valence-corrected chi connectivity index (χ4v) is 2.49. The summed E-state index contributed by atoms with van der Waals surface area (Å²) in [5, 5.41) is 4.33. The van der Waals surface area contributed by atoms with Crippen molar-refractivity contribution in [1.82, 2.24) is 5.16 Å². The summed E-state index contributed by atoms with van der Waals surface area (Å²) in [6, 6.07) is 12.6. The zero-order chi connectivity index (χ0) is 17.1. The van der Waals surface area contributed by atoms with E-state index in [1.54, 1.807) is 36.4 Å². The lowest BCUT2D eigenvalue weighted by Crippen LogP contribution is -2.31. The summed E-state index contributed by atoms with van der Waals surface area (Å²) in [7, 11) is 0. The van der Waals surface area contributed by atoms with Gasteiger partial charge in [0, 0.05) is 5.02 Å². The predicted molar refractivity (Wildman–Crippen MR) is 94.9 cm³/mol. The van der Waals surface area contributed by atoms with Crippen molar-refractivity contribution in [2.24, 2.45) is 0 Å². The Hall–Kier alpha value is -2.43. The average Bonchev–Trinajstić information content (AvgIpc) is 2.87. The molecule has 0 saturated carbocycles. The van der Waals surface area contributed by atoms with Gasteiger partial charge < -0.3 is 9.26 Å². The van der Waals surface area contributed by atoms with Gasteiger partial charge in [0.1, 0.15) is 12.4 Å². The Balaban J connectivity index is 1.80. The Morgan fingerprint density at radius 1 is 1.17 bits per heavy atom. The van der Waals surface area contributed by atoms with Crippen molar-refractivity contribution in [3.05, 3.63) is 84.6 Å². The molecule has 1 N–H and O–H groups in total. The molecule has 0 radical (unpaired) electrons. The summed E-state index contributed by atoms with van der Waals surface area (Å²) >= 11 is 12.1. The molecule has 0 aliphatic rings. The van der Waals surface area contributed by atoms with Crippen LogP contribution in [-0.4, -0.2) is 5.16 Å². The van der Waals surface area contributed by atoms with Crippen molar-refractivity contribution in [2.45, 2.75) is 6.61 Å². The van der Waals surface area contributed by atoms with E-state index in [9.17, 15) is 4.79 Å². The number of halogens is 2. The van der Waals surface area contributed by atoms with Crippen LogP contribution in [0.2, 0.25) is 10.0 Å². The van der Waals surface area contributed by atoms with Crippen LogP contribution in [0.3, 0.4) is 0 Å². The third-order valence-electron chi connectivity index (χ3n) is 3.39. The first-order valence-corrected chi connectivity index (χ1v) is 7.83. The smallest absolute Gasteiger partial charge is 0.365 e. The largest absolute Gasteiger partial charge is 0.487 e. The minimum absolute atomic E-state index is 0.362. The molecular formula is C18H13Cl2NO3. The number of aromatic nitrogens is 1. The van der Waals surface area contributed by atoms with Gasteiger partial charge in [0.2, 0.25) is 0 Å². The van der Waals surface area contributed by atoms with E-state index in [1.165, 1.54) is 0 Å². The summed E-state index contributed by atoms with van der Waals surface area (Å²) in [4.78, 5) is 11.5. The number of hydrogen-bond donors (Lipinski definition) is 1. The van der Waals surface area contributed by atoms with Gasteiger partial charge in [-0.05, 0) is 41.5 Å². The Morgan fingerprint density at radius 2 is 1.92 bits per heavy atom. The topological polar surface area (TPSA) is 55.2 Å². The van der Waals surface area contributed by atoms with Crippen molar-refractivity contribution in [1.29, 1.82) is 0 Å². The quantitative estimate of drug-likeness (QED) is 0.776. The molecule has 0 aliphatic carbocycles. The molecule has 0 amide bonds. The average molecular weight is 362 g/mol. The number of H-pyrrole nitrogens is 1. The van der Waals surface area contributed by atoms with E-state index in [0.29, 0.717) is 33.0 Å². The maximum atomic E-state index is 11.5. The van der Waals surface area contributed by atoms with Gasteiger partial charge in [-0.15, -0.1) is 0 Å². The van der Waals surface area contributed by atoms with Crippen LogP contribution >= 0.6 is 23.2 Å². The highest BCUT2D eigenvalue weighted by molar-refractivity contribution is 6.32. The molecule has 0 fully saturated rings. The fourth-order valence-electron chi connectivity index (χ4n) is 2.12. The Kier molecular flexibility index (Phi) is 4.79. The second-order valence-electron chi connectivity index (χ2n) is 5.13. The molecular weight excluding hydrogens is 349 g/mol. The molecule has 0 unspecified atom stereocenters. The molecule has 4 nitrogen and oxygen atoms in total. The Bertz CT molecular complexity index is 989. The standard InChI is InChI=1S/C18H13Cl2NO3/c1-11-15(18(22)24-21-11)8-13-4-7-17(16(20)9-13)23-10-12-2-5-14(19)6-3-12/h2-9,21H,1,10H2/b15-8-. The third-order valence-corrected chi connectivity index (χ3v) is 3.93. The Morgan fingerprint density at radius 3 is 2.54 bits per heavy atom. The zero-order valence-electron chi connectivity index (χ0n) is 12.5. The van der Waals surface area contributed by atoms with E-state index in [2.05, 4.69) is 16.3 Å². The van der Waals surface area contributed by atoms with Crippen molar-refractivity contribution in [3.8, 4) is 5.75 Å². The van der Waals surface area contributed by atoms with E-state index in [-0.39, 0.29) is 0 Å². The van der Waals surface area contributed by atoms with Crippen molar-refractivity contribution in [2.75, 3.05) is 0 Å². The lowest BCUT2D eigenvalue weighted by molar-refractivity contribution is 0.306. The summed E-state index contributed by atoms with van der Waals surface area (Å²) in [5.74, 6) is 0.555. The molecule has 3 aromatic rings. The second-order valence-corrected chi connectivity index (χ2v) is 5.98. The van der Waals surface area contributed by atoms with Crippen LogP contribution in [0.15, 0.2) is 51.8 Å². The van der Waals surface area contributed by atoms with Gasteiger partial charge in [-0.1, -0.05) is 48.0 Å². The highest BCUT2D eigenvalue weighted by atomic mass is 35.5. The Labute approximate surface area is 147 Å². The van der Waals surface area contributed by atoms with Crippen LogP contribution in [0.4, 0.5) is 0 Å². The van der Waals surface area contributed by atoms with Crippen LogP contribution < -0.4 is 20.9 Å². The van der Waals surface area contributed by atoms with E-state index < -0.39 is 5.63 Å². The van der Waals surface area contributed by atoms with E-state index in [4.69, 9.17) is 27.9 Å². The van der Waals surface area contributed by atoms with Gasteiger partial charge in [-0.3, -0.25) is 0 Å². The maximum Gasteiger partial charge on any atom is 0.365 e. The lowest BCUT2D eigenvalue weighted by atomic mass is 10.2. The molecule has 0 saturated heterocycles. The normalized spacial score (nSPS) is 11.7. The summed E-state index contributed by atoms with van der Waals surface area (Å²) in [6.45, 7) is 4.08. The zero-order valence-corrected chi connectivity index (χ0v) is 14.0. The van der Waals surface area contributed by atoms with Crippen LogP contribution in [0.1, 0.15) is 11.1 Å². The van der Waals surface area contributed by atoms with Crippen LogP contribution in [0, 0.1) is 0 Å². The highest BCUT2D eigenvalue weighted by Crippen LogP contribution is 2.26. The maximum absolute atomic E-state index is 11.5. The third kappa shape index (κ3) is 3.72. The molecule has 0 aliphatic heterocycles. The number of rotatable bonds is 4. The van der Waals surface area contributed by atoms with Gasteiger partial charge in [-0.2, -0.15) is 0 Å². The first-order valence-electron chi connectivity index (χ1n) is 7.08. The SMILES string of the molecule is C=c1[nH]oc(=O)/c1=C\c1ccc(OCc2ccc(Cl)cc2)c(Cl)c1. The molecule has 0 bridgehead atoms. The minimum atomic E-state index is -0.473. The van der Waals surface area contributed by atoms with E-state index in [0.717, 1.165) is 11.1 Å². The molecule has 1 aromatic heterocycles. The monoisotopic (exact) mass is 361 g/mol. The molecule has 3 rings (SSSR count). The molecule has 6 heteroatoms. The molecule has 24 heavy (non-hydrogen) atoms. The molecule has 0 atom stereocenters. The number of nitrogens with one attached hydrogen (secondary N) is 1. The summed E-state index contributed by atoms with van der Waals surface area (Å²) < 4.78 is 10.4. The van der Waals surface area contributed by atoms with Gasteiger partial charge in [0.15, 0.2) is 0 Å². The van der Waals surface area contributed by atoms with Gasteiger partial charge in [-0.25, -0.2) is 9.95 Å². The van der Waals surface area contributed by atoms with Crippen molar-refractivity contribution < 1.29 is 9.26 Å². The highest BCUT2D eigenvalue weighted by Gasteiger charge is 2.04. The van der Waals surface area contributed by atoms with Crippen molar-refractivity contribution in [3.63, 3.8) is 0 Å². The van der Waals surface area contributed by atoms with Gasteiger partial charge >= 0.3 is 5.63 Å². The first kappa shape index (κ1) is 16.4. The minimum Gasteiger partial charge on any atom is -0.487 e. The molecule has 0 spiro atoms. The number of benzene rings is 2. The summed E-state index contributed by atoms with van der Waals surface area (Å²) in [6.07, 6.45) is 1.65. The van der Waals surface area contributed by atoms with Gasteiger partial charge in [0.25, 0.3) is 0 Å². The first-order chi connectivity index (χ1) is 11.5.